The second-order valence-electron chi connectivity index (χ2n) is 2.75. The lowest BCUT2D eigenvalue weighted by molar-refractivity contribution is -0.159. The van der Waals surface area contributed by atoms with Crippen LogP contribution >= 0.6 is 0 Å². The van der Waals surface area contributed by atoms with Crippen LogP contribution in [0.5, 0.6) is 0 Å². The molecule has 0 aliphatic carbocycles. The first kappa shape index (κ1) is 12.3. The topological polar surface area (TPSA) is 79.8 Å². The number of esters is 2. The molecule has 0 radical (unpaired) electrons. The highest BCUT2D eigenvalue weighted by Crippen LogP contribution is 2.07. The molecule has 0 rings (SSSR count). The molecular formula is C9H12N2O3. The van der Waals surface area contributed by atoms with Gasteiger partial charge < -0.3 is 10.3 Å². The van der Waals surface area contributed by atoms with Crippen molar-refractivity contribution in [2.45, 2.75) is 19.8 Å². The highest BCUT2D eigenvalue weighted by atomic mass is 16.6. The van der Waals surface area contributed by atoms with Gasteiger partial charge in [0, 0.05) is 0 Å². The average molecular weight is 196 g/mol. The van der Waals surface area contributed by atoms with Gasteiger partial charge in [-0.3, -0.25) is 4.79 Å². The molecule has 0 aliphatic heterocycles. The molecule has 0 N–H and O–H groups in total. The van der Waals surface area contributed by atoms with Gasteiger partial charge in [-0.05, 0) is 12.8 Å². The number of carbonyl (C=O) groups is 2. The maximum absolute atomic E-state index is 11.1. The molecule has 5 nitrogen and oxygen atoms in total. The molecule has 0 heterocycles. The Morgan fingerprint density at radius 2 is 2.29 bits per heavy atom. The normalized spacial score (nSPS) is 10.9. The average Bonchev–Trinajstić information content (AvgIpc) is 2.14. The van der Waals surface area contributed by atoms with Crippen LogP contribution in [-0.2, 0) is 14.3 Å². The summed E-state index contributed by atoms with van der Waals surface area (Å²) in [5.74, 6) is -1.97. The van der Waals surface area contributed by atoms with Crippen LogP contribution in [0.1, 0.15) is 19.8 Å². The Bertz CT molecular complexity index is 280. The second kappa shape index (κ2) is 6.74. The van der Waals surface area contributed by atoms with Crippen LogP contribution < -0.4 is 0 Å². The summed E-state index contributed by atoms with van der Waals surface area (Å²) in [5.41, 5.74) is 7.97. The van der Waals surface area contributed by atoms with Crippen molar-refractivity contribution in [3.63, 3.8) is 0 Å². The Morgan fingerprint density at radius 1 is 1.64 bits per heavy atom. The first-order chi connectivity index (χ1) is 6.61. The third kappa shape index (κ3) is 5.00. The quantitative estimate of drug-likeness (QED) is 0.164. The van der Waals surface area contributed by atoms with E-state index in [0.29, 0.717) is 19.1 Å². The zero-order valence-corrected chi connectivity index (χ0v) is 7.97. The molecule has 1 atom stereocenters. The van der Waals surface area contributed by atoms with E-state index >= 15 is 0 Å². The fourth-order valence-electron chi connectivity index (χ4n) is 0.759. The molecule has 0 bridgehead atoms. The van der Waals surface area contributed by atoms with E-state index in [-0.39, 0.29) is 5.92 Å². The van der Waals surface area contributed by atoms with Gasteiger partial charge >= 0.3 is 18.2 Å². The van der Waals surface area contributed by atoms with Crippen LogP contribution in [0.15, 0.2) is 12.7 Å². The van der Waals surface area contributed by atoms with Gasteiger partial charge in [0.1, 0.15) is 0 Å². The van der Waals surface area contributed by atoms with Crippen LogP contribution in [0, 0.1) is 5.92 Å². The molecule has 0 aromatic rings. The van der Waals surface area contributed by atoms with Gasteiger partial charge in [0.05, 0.1) is 5.92 Å². The van der Waals surface area contributed by atoms with Crippen molar-refractivity contribution < 1.29 is 19.1 Å². The Labute approximate surface area is 82.0 Å². The van der Waals surface area contributed by atoms with Gasteiger partial charge in [-0.15, -0.1) is 6.58 Å². The molecule has 5 heteroatoms. The van der Waals surface area contributed by atoms with Crippen LogP contribution in [-0.4, -0.2) is 22.9 Å². The summed E-state index contributed by atoms with van der Waals surface area (Å²) >= 11 is 0. The highest BCUT2D eigenvalue weighted by molar-refractivity contribution is 6.23. The fourth-order valence-corrected chi connectivity index (χ4v) is 0.759. The summed E-state index contributed by atoms with van der Waals surface area (Å²) in [6.45, 7) is 5.16. The molecule has 0 amide bonds. The van der Waals surface area contributed by atoms with Crippen LogP contribution in [0.25, 0.3) is 5.53 Å². The van der Waals surface area contributed by atoms with Crippen molar-refractivity contribution in [1.82, 2.24) is 0 Å². The maximum Gasteiger partial charge on any atom is 0.421 e. The lowest BCUT2D eigenvalue weighted by atomic mass is 10.1. The number of ether oxygens (including phenoxy) is 1. The fraction of sp³-hybridized carbons (Fsp3) is 0.444. The van der Waals surface area contributed by atoms with Gasteiger partial charge in [-0.2, -0.15) is 4.79 Å². The molecular weight excluding hydrogens is 184 g/mol. The van der Waals surface area contributed by atoms with E-state index < -0.39 is 11.9 Å². The molecule has 0 aromatic heterocycles. The predicted octanol–water partition coefficient (Wildman–Crippen LogP) is 0.959. The molecule has 1 unspecified atom stereocenters. The third-order valence-electron chi connectivity index (χ3n) is 1.57. The van der Waals surface area contributed by atoms with Crippen LogP contribution in [0.2, 0.25) is 0 Å². The Kier molecular flexibility index (Phi) is 5.90. The molecule has 0 aliphatic rings. The minimum absolute atomic E-state index is 0.371. The monoisotopic (exact) mass is 196 g/mol. The summed E-state index contributed by atoms with van der Waals surface area (Å²) in [6, 6.07) is 0. The van der Waals surface area contributed by atoms with E-state index in [1.165, 1.54) is 0 Å². The van der Waals surface area contributed by atoms with E-state index in [9.17, 15) is 9.59 Å². The highest BCUT2D eigenvalue weighted by Gasteiger charge is 2.18. The largest absolute Gasteiger partial charge is 0.421 e. The Morgan fingerprint density at radius 3 is 2.79 bits per heavy atom. The summed E-state index contributed by atoms with van der Waals surface area (Å²) in [5, 5.41) is 0. The van der Waals surface area contributed by atoms with Crippen LogP contribution in [0.4, 0.5) is 0 Å². The lowest BCUT2D eigenvalue weighted by Crippen LogP contribution is -2.19. The molecule has 0 aromatic carbocycles. The molecule has 0 spiro atoms. The zero-order valence-electron chi connectivity index (χ0n) is 7.97. The number of allylic oxidation sites excluding steroid dienone is 1. The summed E-state index contributed by atoms with van der Waals surface area (Å²) in [7, 11) is 0. The zero-order chi connectivity index (χ0) is 11.0. The van der Waals surface area contributed by atoms with Crippen molar-refractivity contribution in [2.24, 2.45) is 5.92 Å². The smallest absolute Gasteiger partial charge is 0.384 e. The number of hydrogen-bond acceptors (Lipinski definition) is 3. The number of hydrogen-bond donors (Lipinski definition) is 0. The SMILES string of the molecule is C=CCCC(C)C(=O)OC(=O)C=[N+]=[N-]. The molecule has 76 valence electrons. The number of nitrogens with zero attached hydrogens (tertiary/aromatic N) is 2. The summed E-state index contributed by atoms with van der Waals surface area (Å²) in [6.07, 6.45) is 3.46. The second-order valence-corrected chi connectivity index (χ2v) is 2.75. The first-order valence-corrected chi connectivity index (χ1v) is 4.15. The predicted molar refractivity (Wildman–Crippen MR) is 49.4 cm³/mol. The van der Waals surface area contributed by atoms with Gasteiger partial charge in [0.2, 0.25) is 0 Å². The van der Waals surface area contributed by atoms with Crippen LogP contribution in [0.3, 0.4) is 0 Å². The molecule has 14 heavy (non-hydrogen) atoms. The van der Waals surface area contributed by atoms with E-state index in [2.05, 4.69) is 16.1 Å². The Hall–Kier alpha value is -1.74. The standard InChI is InChI=1S/C9H12N2O3/c1-3-4-5-7(2)9(13)14-8(12)6-11-10/h3,6-7H,1,4-5H2,2H3. The number of rotatable bonds is 5. The third-order valence-corrected chi connectivity index (χ3v) is 1.57. The minimum Gasteiger partial charge on any atom is -0.384 e. The van der Waals surface area contributed by atoms with Gasteiger partial charge in [0.25, 0.3) is 0 Å². The van der Waals surface area contributed by atoms with Gasteiger partial charge in [-0.1, -0.05) is 13.0 Å². The number of carbonyl (C=O) groups excluding carboxylic acids is 2. The minimum atomic E-state index is -0.969. The van der Waals surface area contributed by atoms with Crippen molar-refractivity contribution >= 4 is 18.2 Å². The maximum atomic E-state index is 11.1. The van der Waals surface area contributed by atoms with Crippen molar-refractivity contribution in [3.05, 3.63) is 18.2 Å². The first-order valence-electron chi connectivity index (χ1n) is 4.15. The van der Waals surface area contributed by atoms with E-state index in [4.69, 9.17) is 5.53 Å². The Balaban J connectivity index is 4.00. The van der Waals surface area contributed by atoms with E-state index in [0.717, 1.165) is 0 Å². The molecule has 0 fully saturated rings. The van der Waals surface area contributed by atoms with E-state index in [1.54, 1.807) is 13.0 Å². The van der Waals surface area contributed by atoms with Gasteiger partial charge in [0.15, 0.2) is 0 Å². The van der Waals surface area contributed by atoms with Crippen molar-refractivity contribution in [2.75, 3.05) is 0 Å². The molecule has 0 saturated carbocycles. The van der Waals surface area contributed by atoms with Crippen molar-refractivity contribution in [1.29, 1.82) is 0 Å². The lowest BCUT2D eigenvalue weighted by Gasteiger charge is -2.05. The van der Waals surface area contributed by atoms with E-state index in [1.807, 2.05) is 0 Å². The summed E-state index contributed by atoms with van der Waals surface area (Å²) in [4.78, 5) is 24.2. The molecule has 0 saturated heterocycles. The summed E-state index contributed by atoms with van der Waals surface area (Å²) < 4.78 is 4.33. The van der Waals surface area contributed by atoms with Gasteiger partial charge in [-0.25, -0.2) is 4.79 Å². The van der Waals surface area contributed by atoms with Crippen molar-refractivity contribution in [3.8, 4) is 0 Å².